The molecule has 9 heteroatoms. The number of amides is 2. The van der Waals surface area contributed by atoms with Gasteiger partial charge in [0.15, 0.2) is 11.4 Å². The van der Waals surface area contributed by atoms with Crippen molar-refractivity contribution in [3.63, 3.8) is 0 Å². The van der Waals surface area contributed by atoms with E-state index >= 15 is 0 Å². The molecule has 1 aliphatic heterocycles. The maximum Gasteiger partial charge on any atom is 0.251 e. The standard InChI is InChI=1S/C20H28N2O6S/c1-12(2)8-15(17(25)20(10-24)11-28-20)21-19(27)16(9-23)22-18(26)13-4-6-14(29-3)7-5-13/h4-7,12,15-16,23-24H,8-11H2,1-3H3,(H,21,27)(H,22,26)/t15?,16-,20?/m0/s1. The molecule has 8 nitrogen and oxygen atoms in total. The molecule has 0 radical (unpaired) electrons. The minimum absolute atomic E-state index is 0.0934. The van der Waals surface area contributed by atoms with Crippen molar-refractivity contribution in [1.82, 2.24) is 10.6 Å². The van der Waals surface area contributed by atoms with Crippen LogP contribution in [0.25, 0.3) is 0 Å². The number of aliphatic hydroxyl groups excluding tert-OH is 2. The van der Waals surface area contributed by atoms with Crippen molar-refractivity contribution in [3.05, 3.63) is 29.8 Å². The van der Waals surface area contributed by atoms with Crippen LogP contribution in [0.1, 0.15) is 30.6 Å². The number of ketones is 1. The third-order valence-corrected chi connectivity index (χ3v) is 5.44. The number of nitrogens with one attached hydrogen (secondary N) is 2. The summed E-state index contributed by atoms with van der Waals surface area (Å²) in [5.74, 6) is -1.49. The van der Waals surface area contributed by atoms with E-state index in [4.69, 9.17) is 4.74 Å². The summed E-state index contributed by atoms with van der Waals surface area (Å²) < 4.78 is 5.11. The van der Waals surface area contributed by atoms with Gasteiger partial charge < -0.3 is 25.6 Å². The summed E-state index contributed by atoms with van der Waals surface area (Å²) in [7, 11) is 0. The molecule has 2 amide bonds. The van der Waals surface area contributed by atoms with Crippen molar-refractivity contribution >= 4 is 29.4 Å². The number of Topliss-reactive ketones (excluding diaryl/α,β-unsaturated/α-hetero) is 1. The summed E-state index contributed by atoms with van der Waals surface area (Å²) in [4.78, 5) is 38.7. The minimum atomic E-state index is -1.26. The molecule has 1 aliphatic rings. The topological polar surface area (TPSA) is 128 Å². The Labute approximate surface area is 174 Å². The van der Waals surface area contributed by atoms with E-state index in [-0.39, 0.29) is 12.5 Å². The fraction of sp³-hybridized carbons (Fsp3) is 0.550. The molecule has 0 bridgehead atoms. The lowest BCUT2D eigenvalue weighted by atomic mass is 9.92. The van der Waals surface area contributed by atoms with E-state index in [0.717, 1.165) is 4.90 Å². The average molecular weight is 425 g/mol. The summed E-state index contributed by atoms with van der Waals surface area (Å²) >= 11 is 1.54. The highest BCUT2D eigenvalue weighted by atomic mass is 32.2. The third-order valence-electron chi connectivity index (χ3n) is 4.69. The molecule has 2 rings (SSSR count). The molecule has 4 N–H and O–H groups in total. The lowest BCUT2D eigenvalue weighted by Crippen LogP contribution is -2.55. The van der Waals surface area contributed by atoms with Crippen LogP contribution in [0.2, 0.25) is 0 Å². The van der Waals surface area contributed by atoms with Gasteiger partial charge in [-0.05, 0) is 42.9 Å². The Morgan fingerprint density at radius 3 is 2.21 bits per heavy atom. The Kier molecular flexibility index (Phi) is 8.21. The van der Waals surface area contributed by atoms with Gasteiger partial charge in [-0.1, -0.05) is 13.8 Å². The second-order valence-corrected chi connectivity index (χ2v) is 8.31. The number of carbonyl (C=O) groups excluding carboxylic acids is 3. The molecule has 0 saturated carbocycles. The lowest BCUT2D eigenvalue weighted by molar-refractivity contribution is -0.133. The summed E-state index contributed by atoms with van der Waals surface area (Å²) in [6, 6.07) is 4.74. The zero-order chi connectivity index (χ0) is 21.6. The quantitative estimate of drug-likeness (QED) is 0.298. The molecular formula is C20H28N2O6S. The van der Waals surface area contributed by atoms with Crippen molar-refractivity contribution in [2.45, 2.75) is 42.8 Å². The van der Waals surface area contributed by atoms with E-state index in [1.165, 1.54) is 11.8 Å². The number of ether oxygens (including phenoxy) is 1. The Bertz CT molecular complexity index is 733. The monoisotopic (exact) mass is 424 g/mol. The smallest absolute Gasteiger partial charge is 0.251 e. The molecule has 0 aliphatic carbocycles. The molecule has 29 heavy (non-hydrogen) atoms. The van der Waals surface area contributed by atoms with Crippen LogP contribution in [0.4, 0.5) is 0 Å². The van der Waals surface area contributed by atoms with Gasteiger partial charge >= 0.3 is 0 Å². The summed E-state index contributed by atoms with van der Waals surface area (Å²) in [6.45, 7) is 2.83. The van der Waals surface area contributed by atoms with Gasteiger partial charge in [-0.2, -0.15) is 0 Å². The molecule has 1 saturated heterocycles. The average Bonchev–Trinajstić information content (AvgIpc) is 3.51. The number of epoxide rings is 1. The highest BCUT2D eigenvalue weighted by molar-refractivity contribution is 7.98. The first-order valence-electron chi connectivity index (χ1n) is 9.41. The number of aliphatic hydroxyl groups is 2. The largest absolute Gasteiger partial charge is 0.394 e. The van der Waals surface area contributed by atoms with Gasteiger partial charge in [-0.15, -0.1) is 11.8 Å². The molecule has 2 unspecified atom stereocenters. The number of carbonyl (C=O) groups is 3. The van der Waals surface area contributed by atoms with E-state index in [1.807, 2.05) is 20.1 Å². The summed E-state index contributed by atoms with van der Waals surface area (Å²) in [5, 5.41) is 24.1. The number of hydrogen-bond donors (Lipinski definition) is 4. The van der Waals surface area contributed by atoms with Gasteiger partial charge in [0.2, 0.25) is 5.91 Å². The van der Waals surface area contributed by atoms with Crippen LogP contribution in [0.5, 0.6) is 0 Å². The number of rotatable bonds is 11. The van der Waals surface area contributed by atoms with Crippen LogP contribution in [0.15, 0.2) is 29.2 Å². The van der Waals surface area contributed by atoms with E-state index < -0.39 is 48.5 Å². The van der Waals surface area contributed by atoms with Gasteiger partial charge in [0.1, 0.15) is 6.04 Å². The number of thioether (sulfide) groups is 1. The zero-order valence-electron chi connectivity index (χ0n) is 16.8. The van der Waals surface area contributed by atoms with Gasteiger partial charge in [0.05, 0.1) is 25.9 Å². The Morgan fingerprint density at radius 1 is 1.14 bits per heavy atom. The second kappa shape index (κ2) is 10.2. The van der Waals surface area contributed by atoms with E-state index in [9.17, 15) is 24.6 Å². The lowest BCUT2D eigenvalue weighted by Gasteiger charge is -2.24. The van der Waals surface area contributed by atoms with Crippen LogP contribution in [-0.4, -0.2) is 71.6 Å². The van der Waals surface area contributed by atoms with Gasteiger partial charge in [-0.3, -0.25) is 14.4 Å². The van der Waals surface area contributed by atoms with E-state index in [0.29, 0.717) is 12.0 Å². The fourth-order valence-corrected chi connectivity index (χ4v) is 3.28. The van der Waals surface area contributed by atoms with E-state index in [2.05, 4.69) is 10.6 Å². The zero-order valence-corrected chi connectivity index (χ0v) is 17.6. The molecule has 3 atom stereocenters. The maximum absolute atomic E-state index is 12.7. The first kappa shape index (κ1) is 23.3. The first-order chi connectivity index (χ1) is 13.8. The predicted molar refractivity (Wildman–Crippen MR) is 109 cm³/mol. The Morgan fingerprint density at radius 2 is 1.76 bits per heavy atom. The van der Waals surface area contributed by atoms with Crippen molar-refractivity contribution < 1.29 is 29.3 Å². The van der Waals surface area contributed by atoms with Gasteiger partial charge in [0.25, 0.3) is 5.91 Å². The normalized spacial score (nSPS) is 20.1. The Balaban J connectivity index is 2.05. The van der Waals surface area contributed by atoms with Crippen molar-refractivity contribution in [2.75, 3.05) is 26.1 Å². The first-order valence-corrected chi connectivity index (χ1v) is 10.6. The van der Waals surface area contributed by atoms with E-state index in [1.54, 1.807) is 24.3 Å². The van der Waals surface area contributed by atoms with Crippen molar-refractivity contribution in [2.24, 2.45) is 5.92 Å². The van der Waals surface area contributed by atoms with Crippen molar-refractivity contribution in [3.8, 4) is 0 Å². The minimum Gasteiger partial charge on any atom is -0.394 e. The number of benzene rings is 1. The molecule has 1 fully saturated rings. The molecule has 1 aromatic rings. The van der Waals surface area contributed by atoms with Crippen LogP contribution in [0, 0.1) is 5.92 Å². The molecule has 1 aromatic carbocycles. The summed E-state index contributed by atoms with van der Waals surface area (Å²) in [6.07, 6.45) is 2.27. The van der Waals surface area contributed by atoms with Gasteiger partial charge in [0, 0.05) is 10.5 Å². The Hall–Kier alpha value is -1.94. The highest BCUT2D eigenvalue weighted by Gasteiger charge is 2.54. The second-order valence-electron chi connectivity index (χ2n) is 7.43. The third kappa shape index (κ3) is 6.02. The van der Waals surface area contributed by atoms with Crippen molar-refractivity contribution in [1.29, 1.82) is 0 Å². The van der Waals surface area contributed by atoms with Crippen LogP contribution >= 0.6 is 11.8 Å². The maximum atomic E-state index is 12.7. The predicted octanol–water partition coefficient (Wildman–Crippen LogP) is 0.360. The molecular weight excluding hydrogens is 396 g/mol. The molecule has 160 valence electrons. The van der Waals surface area contributed by atoms with Gasteiger partial charge in [-0.25, -0.2) is 0 Å². The molecule has 0 spiro atoms. The summed E-state index contributed by atoms with van der Waals surface area (Å²) in [5.41, 5.74) is -0.904. The molecule has 0 aromatic heterocycles. The van der Waals surface area contributed by atoms with Crippen LogP contribution in [-0.2, 0) is 14.3 Å². The van der Waals surface area contributed by atoms with Crippen LogP contribution in [0.3, 0.4) is 0 Å². The SMILES string of the molecule is CSc1ccc(C(=O)N[C@@H](CO)C(=O)NC(CC(C)C)C(=O)C2(CO)CO2)cc1. The fourth-order valence-electron chi connectivity index (χ4n) is 2.87. The highest BCUT2D eigenvalue weighted by Crippen LogP contribution is 2.30. The van der Waals surface area contributed by atoms with Crippen LogP contribution < -0.4 is 10.6 Å². The number of hydrogen-bond acceptors (Lipinski definition) is 7. The molecule has 1 heterocycles.